The Morgan fingerprint density at radius 1 is 1.26 bits per heavy atom. The number of hydrogen-bond donors (Lipinski definition) is 1. The first-order chi connectivity index (χ1) is 11.2. The van der Waals surface area contributed by atoms with Crippen molar-refractivity contribution in [3.05, 3.63) is 41.5 Å². The fourth-order valence-corrected chi connectivity index (χ4v) is 2.27. The molecule has 7 nitrogen and oxygen atoms in total. The maximum absolute atomic E-state index is 5.57. The van der Waals surface area contributed by atoms with Crippen molar-refractivity contribution in [1.29, 1.82) is 0 Å². The molecule has 0 aliphatic heterocycles. The molecule has 1 N–H and O–H groups in total. The summed E-state index contributed by atoms with van der Waals surface area (Å²) in [5, 5.41) is 7.65. The van der Waals surface area contributed by atoms with Crippen molar-refractivity contribution in [2.75, 3.05) is 11.9 Å². The Morgan fingerprint density at radius 2 is 2.13 bits per heavy atom. The van der Waals surface area contributed by atoms with Crippen LogP contribution in [0.15, 0.2) is 24.7 Å². The Morgan fingerprint density at radius 3 is 2.96 bits per heavy atom. The highest BCUT2D eigenvalue weighted by atomic mass is 16.5. The van der Waals surface area contributed by atoms with Crippen molar-refractivity contribution in [3.8, 4) is 5.88 Å². The zero-order valence-corrected chi connectivity index (χ0v) is 13.6. The molecule has 3 heterocycles. The lowest BCUT2D eigenvalue weighted by atomic mass is 10.2. The first-order valence-corrected chi connectivity index (χ1v) is 7.67. The van der Waals surface area contributed by atoms with Crippen LogP contribution in [0.2, 0.25) is 0 Å². The third-order valence-corrected chi connectivity index (χ3v) is 3.62. The Balaban J connectivity index is 1.81. The minimum absolute atomic E-state index is 0.595. The fraction of sp³-hybridized carbons (Fsp3) is 0.375. The number of nitrogens with zero attached hydrogens (tertiary/aromatic N) is 5. The van der Waals surface area contributed by atoms with E-state index in [2.05, 4.69) is 32.3 Å². The number of hydrogen-bond acceptors (Lipinski definition) is 6. The van der Waals surface area contributed by atoms with Gasteiger partial charge in [-0.15, -0.1) is 0 Å². The second-order valence-electron chi connectivity index (χ2n) is 5.35. The molecule has 23 heavy (non-hydrogen) atoms. The van der Waals surface area contributed by atoms with Crippen LogP contribution in [0.25, 0.3) is 5.78 Å². The molecule has 0 aromatic carbocycles. The Bertz CT molecular complexity index is 813. The summed E-state index contributed by atoms with van der Waals surface area (Å²) in [5.74, 6) is 2.15. The molecule has 0 radical (unpaired) electrons. The van der Waals surface area contributed by atoms with E-state index in [0.717, 1.165) is 29.1 Å². The average molecular weight is 312 g/mol. The highest BCUT2D eigenvalue weighted by molar-refractivity contribution is 5.52. The van der Waals surface area contributed by atoms with Crippen LogP contribution in [0, 0.1) is 13.8 Å². The molecule has 0 fully saturated rings. The van der Waals surface area contributed by atoms with Gasteiger partial charge in [0.05, 0.1) is 6.61 Å². The van der Waals surface area contributed by atoms with Crippen molar-refractivity contribution in [1.82, 2.24) is 24.6 Å². The molecule has 0 bridgehead atoms. The SMILES string of the molecule is CCCOc1cc(CNc2c(C)c(C)nc3ncnn23)ccn1. The fourth-order valence-electron chi connectivity index (χ4n) is 2.27. The van der Waals surface area contributed by atoms with Gasteiger partial charge < -0.3 is 10.1 Å². The van der Waals surface area contributed by atoms with Crippen LogP contribution in [-0.2, 0) is 6.54 Å². The van der Waals surface area contributed by atoms with E-state index < -0.39 is 0 Å². The molecule has 0 spiro atoms. The number of aryl methyl sites for hydroxylation is 1. The maximum Gasteiger partial charge on any atom is 0.254 e. The molecule has 0 unspecified atom stereocenters. The minimum atomic E-state index is 0.595. The number of pyridine rings is 1. The Labute approximate surface area is 134 Å². The van der Waals surface area contributed by atoms with E-state index in [1.54, 1.807) is 10.7 Å². The number of nitrogens with one attached hydrogen (secondary N) is 1. The van der Waals surface area contributed by atoms with Crippen LogP contribution in [0.1, 0.15) is 30.2 Å². The van der Waals surface area contributed by atoms with Crippen LogP contribution < -0.4 is 10.1 Å². The van der Waals surface area contributed by atoms with Crippen molar-refractivity contribution < 1.29 is 4.74 Å². The second kappa shape index (κ2) is 6.60. The van der Waals surface area contributed by atoms with E-state index in [9.17, 15) is 0 Å². The third-order valence-electron chi connectivity index (χ3n) is 3.62. The quantitative estimate of drug-likeness (QED) is 0.753. The van der Waals surface area contributed by atoms with E-state index in [0.29, 0.717) is 24.8 Å². The van der Waals surface area contributed by atoms with Crippen LogP contribution >= 0.6 is 0 Å². The smallest absolute Gasteiger partial charge is 0.254 e. The summed E-state index contributed by atoms with van der Waals surface area (Å²) in [7, 11) is 0. The predicted octanol–water partition coefficient (Wildman–Crippen LogP) is 2.54. The van der Waals surface area contributed by atoms with Gasteiger partial charge in [-0.3, -0.25) is 0 Å². The molecule has 7 heteroatoms. The Kier molecular flexibility index (Phi) is 4.36. The number of ether oxygens (including phenoxy) is 1. The molecular formula is C16H20N6O. The van der Waals surface area contributed by atoms with Crippen molar-refractivity contribution >= 4 is 11.6 Å². The first-order valence-electron chi connectivity index (χ1n) is 7.67. The van der Waals surface area contributed by atoms with Crippen LogP contribution in [0.5, 0.6) is 5.88 Å². The largest absolute Gasteiger partial charge is 0.478 e. The van der Waals surface area contributed by atoms with E-state index >= 15 is 0 Å². The molecule has 3 rings (SSSR count). The van der Waals surface area contributed by atoms with Gasteiger partial charge >= 0.3 is 0 Å². The third kappa shape index (κ3) is 3.23. The summed E-state index contributed by atoms with van der Waals surface area (Å²) < 4.78 is 7.29. The number of rotatable bonds is 6. The average Bonchev–Trinajstić information content (AvgIpc) is 3.01. The second-order valence-corrected chi connectivity index (χ2v) is 5.35. The van der Waals surface area contributed by atoms with Crippen molar-refractivity contribution in [2.45, 2.75) is 33.7 Å². The molecule has 0 atom stereocenters. The monoisotopic (exact) mass is 312 g/mol. The molecule has 0 aliphatic carbocycles. The van der Waals surface area contributed by atoms with E-state index in [1.165, 1.54) is 6.33 Å². The lowest BCUT2D eigenvalue weighted by Crippen LogP contribution is -2.10. The molecule has 0 amide bonds. The predicted molar refractivity (Wildman–Crippen MR) is 87.6 cm³/mol. The standard InChI is InChI=1S/C16H20N6O/c1-4-7-23-14-8-13(5-6-17-14)9-18-15-11(2)12(3)21-16-19-10-20-22(15)16/h5-6,8,10,18H,4,7,9H2,1-3H3. The summed E-state index contributed by atoms with van der Waals surface area (Å²) in [6.07, 6.45) is 4.23. The van der Waals surface area contributed by atoms with E-state index in [4.69, 9.17) is 4.74 Å². The molecule has 3 aromatic heterocycles. The minimum Gasteiger partial charge on any atom is -0.478 e. The van der Waals surface area contributed by atoms with Gasteiger partial charge in [-0.1, -0.05) is 6.92 Å². The lowest BCUT2D eigenvalue weighted by Gasteiger charge is -2.13. The van der Waals surface area contributed by atoms with Crippen LogP contribution in [0.3, 0.4) is 0 Å². The first kappa shape index (κ1) is 15.2. The van der Waals surface area contributed by atoms with Gasteiger partial charge in [0.15, 0.2) is 0 Å². The van der Waals surface area contributed by atoms with Crippen LogP contribution in [-0.4, -0.2) is 31.2 Å². The highest BCUT2D eigenvalue weighted by Gasteiger charge is 2.10. The van der Waals surface area contributed by atoms with Gasteiger partial charge in [0.2, 0.25) is 5.88 Å². The van der Waals surface area contributed by atoms with Gasteiger partial charge in [-0.25, -0.2) is 9.97 Å². The number of fused-ring (bicyclic) bond motifs is 1. The van der Waals surface area contributed by atoms with E-state index in [-0.39, 0.29) is 0 Å². The van der Waals surface area contributed by atoms with Gasteiger partial charge in [-0.2, -0.15) is 14.6 Å². The van der Waals surface area contributed by atoms with E-state index in [1.807, 2.05) is 26.0 Å². The maximum atomic E-state index is 5.57. The molecule has 0 aliphatic rings. The molecule has 0 saturated heterocycles. The van der Waals surface area contributed by atoms with Gasteiger partial charge in [0.25, 0.3) is 5.78 Å². The molecule has 120 valence electrons. The summed E-state index contributed by atoms with van der Waals surface area (Å²) in [5.41, 5.74) is 3.09. The van der Waals surface area contributed by atoms with Crippen molar-refractivity contribution in [3.63, 3.8) is 0 Å². The summed E-state index contributed by atoms with van der Waals surface area (Å²) in [6.45, 7) is 7.38. The van der Waals surface area contributed by atoms with Crippen molar-refractivity contribution in [2.24, 2.45) is 0 Å². The summed E-state index contributed by atoms with van der Waals surface area (Å²) in [4.78, 5) is 12.8. The number of aromatic nitrogens is 5. The summed E-state index contributed by atoms with van der Waals surface area (Å²) >= 11 is 0. The van der Waals surface area contributed by atoms with Gasteiger partial charge in [0, 0.05) is 30.1 Å². The lowest BCUT2D eigenvalue weighted by molar-refractivity contribution is 0.305. The zero-order chi connectivity index (χ0) is 16.2. The topological polar surface area (TPSA) is 77.2 Å². The molecular weight excluding hydrogens is 292 g/mol. The molecule has 0 saturated carbocycles. The normalized spacial score (nSPS) is 10.9. The van der Waals surface area contributed by atoms with Crippen LogP contribution in [0.4, 0.5) is 5.82 Å². The Hall–Kier alpha value is -2.70. The molecule has 3 aromatic rings. The highest BCUT2D eigenvalue weighted by Crippen LogP contribution is 2.19. The van der Waals surface area contributed by atoms with Gasteiger partial charge in [-0.05, 0) is 31.9 Å². The zero-order valence-electron chi connectivity index (χ0n) is 13.6. The van der Waals surface area contributed by atoms with Gasteiger partial charge in [0.1, 0.15) is 12.1 Å². The summed E-state index contributed by atoms with van der Waals surface area (Å²) in [6, 6.07) is 3.91. The number of anilines is 1.